The van der Waals surface area contributed by atoms with Crippen LogP contribution >= 0.6 is 0 Å². The maximum Gasteiger partial charge on any atom is 0.326 e. The van der Waals surface area contributed by atoms with Gasteiger partial charge in [0.2, 0.25) is 5.91 Å². The Balaban J connectivity index is 4.62. The van der Waals surface area contributed by atoms with Gasteiger partial charge < -0.3 is 20.6 Å². The van der Waals surface area contributed by atoms with Crippen molar-refractivity contribution in [2.24, 2.45) is 5.41 Å². The SMILES string of the molecule is CNC(=O)CN(C)C(=O)N[C@H](C(=O)O)C(C)(C)C. The summed E-state index contributed by atoms with van der Waals surface area (Å²) in [6.45, 7) is 5.01. The van der Waals surface area contributed by atoms with Gasteiger partial charge in [-0.25, -0.2) is 9.59 Å². The number of carbonyl (C=O) groups excluding carboxylic acids is 2. The van der Waals surface area contributed by atoms with Crippen LogP contribution in [0.4, 0.5) is 4.79 Å². The van der Waals surface area contributed by atoms with Crippen LogP contribution in [0.1, 0.15) is 20.8 Å². The summed E-state index contributed by atoms with van der Waals surface area (Å²) in [7, 11) is 2.88. The third-order valence-corrected chi connectivity index (χ3v) is 2.39. The second kappa shape index (κ2) is 6.23. The fourth-order valence-corrected chi connectivity index (χ4v) is 1.25. The molecule has 0 spiro atoms. The molecule has 0 rings (SSSR count). The normalized spacial score (nSPS) is 12.5. The minimum absolute atomic E-state index is 0.126. The first-order valence-corrected chi connectivity index (χ1v) is 5.54. The predicted molar refractivity (Wildman–Crippen MR) is 66.1 cm³/mol. The van der Waals surface area contributed by atoms with Crippen LogP contribution in [0.3, 0.4) is 0 Å². The summed E-state index contributed by atoms with van der Waals surface area (Å²) >= 11 is 0. The third kappa shape index (κ3) is 5.03. The highest BCUT2D eigenvalue weighted by Gasteiger charge is 2.33. The van der Waals surface area contributed by atoms with Crippen LogP contribution in [-0.2, 0) is 9.59 Å². The molecule has 0 radical (unpaired) electrons. The van der Waals surface area contributed by atoms with Crippen molar-refractivity contribution in [1.29, 1.82) is 0 Å². The lowest BCUT2D eigenvalue weighted by Crippen LogP contribution is -2.53. The molecule has 3 N–H and O–H groups in total. The van der Waals surface area contributed by atoms with Crippen molar-refractivity contribution in [2.45, 2.75) is 26.8 Å². The van der Waals surface area contributed by atoms with Gasteiger partial charge in [-0.15, -0.1) is 0 Å². The van der Waals surface area contributed by atoms with Gasteiger partial charge in [-0.05, 0) is 5.41 Å². The van der Waals surface area contributed by atoms with Gasteiger partial charge in [-0.2, -0.15) is 0 Å². The molecule has 18 heavy (non-hydrogen) atoms. The van der Waals surface area contributed by atoms with Gasteiger partial charge in [0.25, 0.3) is 0 Å². The molecule has 7 heteroatoms. The van der Waals surface area contributed by atoms with Crippen molar-refractivity contribution in [3.8, 4) is 0 Å². The Bertz CT molecular complexity index is 336. The molecule has 0 heterocycles. The topological polar surface area (TPSA) is 98.7 Å². The summed E-state index contributed by atoms with van der Waals surface area (Å²) in [6, 6.07) is -1.61. The zero-order valence-electron chi connectivity index (χ0n) is 11.4. The number of carboxylic acid groups (broad SMARTS) is 1. The van der Waals surface area contributed by atoms with E-state index in [0.717, 1.165) is 4.90 Å². The quantitative estimate of drug-likeness (QED) is 0.655. The maximum absolute atomic E-state index is 11.7. The summed E-state index contributed by atoms with van der Waals surface area (Å²) in [5, 5.41) is 13.8. The van der Waals surface area contributed by atoms with E-state index in [1.54, 1.807) is 20.8 Å². The van der Waals surface area contributed by atoms with Gasteiger partial charge in [0.1, 0.15) is 12.6 Å². The fourth-order valence-electron chi connectivity index (χ4n) is 1.25. The van der Waals surface area contributed by atoms with Gasteiger partial charge in [0.05, 0.1) is 0 Å². The number of hydrogen-bond acceptors (Lipinski definition) is 3. The Morgan fingerprint density at radius 3 is 2.11 bits per heavy atom. The number of rotatable bonds is 4. The summed E-state index contributed by atoms with van der Waals surface area (Å²) in [5.41, 5.74) is -0.616. The predicted octanol–water partition coefficient (Wildman–Crippen LogP) is -0.127. The second-order valence-corrected chi connectivity index (χ2v) is 5.12. The van der Waals surface area contributed by atoms with E-state index in [2.05, 4.69) is 10.6 Å². The smallest absolute Gasteiger partial charge is 0.326 e. The van der Waals surface area contributed by atoms with E-state index in [0.29, 0.717) is 0 Å². The van der Waals surface area contributed by atoms with Crippen LogP contribution in [0.5, 0.6) is 0 Å². The molecule has 104 valence electrons. The van der Waals surface area contributed by atoms with Crippen molar-refractivity contribution >= 4 is 17.9 Å². The van der Waals surface area contributed by atoms with Crippen molar-refractivity contribution in [3.63, 3.8) is 0 Å². The highest BCUT2D eigenvalue weighted by molar-refractivity contribution is 5.86. The molecule has 1 atom stereocenters. The average molecular weight is 259 g/mol. The highest BCUT2D eigenvalue weighted by Crippen LogP contribution is 2.19. The van der Waals surface area contributed by atoms with E-state index in [4.69, 9.17) is 5.11 Å². The Labute approximate surface area is 107 Å². The van der Waals surface area contributed by atoms with Gasteiger partial charge >= 0.3 is 12.0 Å². The number of hydrogen-bond donors (Lipinski definition) is 3. The first-order valence-electron chi connectivity index (χ1n) is 5.54. The van der Waals surface area contributed by atoms with Crippen molar-refractivity contribution in [2.75, 3.05) is 20.6 Å². The number of aliphatic carboxylic acids is 1. The number of amides is 3. The molecular weight excluding hydrogens is 238 g/mol. The molecule has 0 bridgehead atoms. The van der Waals surface area contributed by atoms with E-state index < -0.39 is 23.5 Å². The molecule has 0 aliphatic rings. The Kier molecular flexibility index (Phi) is 5.61. The van der Waals surface area contributed by atoms with E-state index in [-0.39, 0.29) is 12.5 Å². The van der Waals surface area contributed by atoms with E-state index in [1.165, 1.54) is 14.1 Å². The lowest BCUT2D eigenvalue weighted by atomic mass is 9.87. The molecule has 0 saturated heterocycles. The molecule has 0 fully saturated rings. The largest absolute Gasteiger partial charge is 0.480 e. The number of nitrogens with zero attached hydrogens (tertiary/aromatic N) is 1. The number of carboxylic acids is 1. The van der Waals surface area contributed by atoms with Gasteiger partial charge in [-0.1, -0.05) is 20.8 Å². The molecule has 0 aromatic rings. The van der Waals surface area contributed by atoms with Gasteiger partial charge in [0, 0.05) is 14.1 Å². The van der Waals surface area contributed by atoms with Crippen molar-refractivity contribution in [3.05, 3.63) is 0 Å². The first-order chi connectivity index (χ1) is 8.09. The zero-order valence-corrected chi connectivity index (χ0v) is 11.4. The molecule has 3 amide bonds. The van der Waals surface area contributed by atoms with Gasteiger partial charge in [0.15, 0.2) is 0 Å². The third-order valence-electron chi connectivity index (χ3n) is 2.39. The molecule has 0 aliphatic carbocycles. The van der Waals surface area contributed by atoms with Crippen molar-refractivity contribution < 1.29 is 19.5 Å². The number of nitrogens with one attached hydrogen (secondary N) is 2. The summed E-state index contributed by atoms with van der Waals surface area (Å²) in [5.74, 6) is -1.43. The molecule has 7 nitrogen and oxygen atoms in total. The summed E-state index contributed by atoms with van der Waals surface area (Å²) in [4.78, 5) is 35.0. The van der Waals surface area contributed by atoms with Crippen LogP contribution in [0.15, 0.2) is 0 Å². The van der Waals surface area contributed by atoms with Crippen LogP contribution in [0.2, 0.25) is 0 Å². The molecule has 0 unspecified atom stereocenters. The average Bonchev–Trinajstić information content (AvgIpc) is 2.22. The lowest BCUT2D eigenvalue weighted by Gasteiger charge is -2.29. The monoisotopic (exact) mass is 259 g/mol. The molecule has 0 aromatic heterocycles. The highest BCUT2D eigenvalue weighted by atomic mass is 16.4. The number of carbonyl (C=O) groups is 3. The standard InChI is InChI=1S/C11H21N3O4/c1-11(2,3)8(9(16)17)13-10(18)14(5)6-7(15)12-4/h8H,6H2,1-5H3,(H,12,15)(H,13,18)(H,16,17)/t8-/m1/s1. The molecular formula is C11H21N3O4. The number of likely N-dealkylation sites (N-methyl/N-ethyl adjacent to an activating group) is 2. The van der Waals surface area contributed by atoms with Crippen molar-refractivity contribution in [1.82, 2.24) is 15.5 Å². The van der Waals surface area contributed by atoms with Crippen LogP contribution in [0, 0.1) is 5.41 Å². The van der Waals surface area contributed by atoms with Gasteiger partial charge in [-0.3, -0.25) is 4.79 Å². The molecule has 0 aliphatic heterocycles. The first kappa shape index (κ1) is 16.2. The summed E-state index contributed by atoms with van der Waals surface area (Å²) in [6.07, 6.45) is 0. The van der Waals surface area contributed by atoms with Crippen LogP contribution in [-0.4, -0.2) is 54.6 Å². The van der Waals surface area contributed by atoms with E-state index in [9.17, 15) is 14.4 Å². The Morgan fingerprint density at radius 1 is 1.28 bits per heavy atom. The zero-order chi connectivity index (χ0) is 14.5. The van der Waals surface area contributed by atoms with Crippen LogP contribution < -0.4 is 10.6 Å². The minimum atomic E-state index is -1.11. The lowest BCUT2D eigenvalue weighted by molar-refractivity contribution is -0.141. The fraction of sp³-hybridized carbons (Fsp3) is 0.727. The maximum atomic E-state index is 11.7. The second-order valence-electron chi connectivity index (χ2n) is 5.12. The number of urea groups is 1. The van der Waals surface area contributed by atoms with Crippen LogP contribution in [0.25, 0.3) is 0 Å². The Morgan fingerprint density at radius 2 is 1.78 bits per heavy atom. The minimum Gasteiger partial charge on any atom is -0.480 e. The van der Waals surface area contributed by atoms with E-state index >= 15 is 0 Å². The molecule has 0 saturated carbocycles. The molecule has 0 aromatic carbocycles. The summed E-state index contributed by atoms with van der Waals surface area (Å²) < 4.78 is 0. The van der Waals surface area contributed by atoms with E-state index in [1.807, 2.05) is 0 Å². The Hall–Kier alpha value is -1.79.